The lowest BCUT2D eigenvalue weighted by Crippen LogP contribution is -2.56. The summed E-state index contributed by atoms with van der Waals surface area (Å²) in [6.45, 7) is 6.12. The van der Waals surface area contributed by atoms with Crippen LogP contribution in [-0.2, 0) is 23.9 Å². The number of esters is 1. The lowest BCUT2D eigenvalue weighted by Gasteiger charge is -2.36. The van der Waals surface area contributed by atoms with E-state index in [0.717, 1.165) is 44.9 Å². The fourth-order valence-corrected chi connectivity index (χ4v) is 5.98. The lowest BCUT2D eigenvalue weighted by atomic mass is 9.83. The van der Waals surface area contributed by atoms with E-state index < -0.39 is 35.7 Å². The zero-order valence-corrected chi connectivity index (χ0v) is 20.9. The summed E-state index contributed by atoms with van der Waals surface area (Å²) < 4.78 is 10.5. The highest BCUT2D eigenvalue weighted by molar-refractivity contribution is 5.89. The molecule has 2 saturated carbocycles. The standard InChI is InChI=1S/C25H39N3O6/c1-25(2,3)34-24(32)26-19(15-8-6-5-7-9-15)22(30)27-13-12-18-20(27)17(23(31)33-4)14-28(18)21(29)16-10-11-16/h15-20H,5-14H2,1-4H3,(H,26,32)/t17-,18+,19-,20+/m0/s1. The van der Waals surface area contributed by atoms with E-state index in [1.54, 1.807) is 25.7 Å². The van der Waals surface area contributed by atoms with Gasteiger partial charge in [0.2, 0.25) is 11.8 Å². The molecule has 2 aliphatic heterocycles. The van der Waals surface area contributed by atoms with Crippen molar-refractivity contribution < 1.29 is 28.7 Å². The van der Waals surface area contributed by atoms with E-state index >= 15 is 0 Å². The van der Waals surface area contributed by atoms with E-state index in [0.29, 0.717) is 13.0 Å². The number of alkyl carbamates (subject to hydrolysis) is 1. The van der Waals surface area contributed by atoms with Crippen LogP contribution in [0, 0.1) is 17.8 Å². The average molecular weight is 478 g/mol. The fraction of sp³-hybridized carbons (Fsp3) is 0.840. The summed E-state index contributed by atoms with van der Waals surface area (Å²) >= 11 is 0. The number of ether oxygens (including phenoxy) is 2. The zero-order chi connectivity index (χ0) is 24.6. The Bertz CT molecular complexity index is 814. The Morgan fingerprint density at radius 2 is 1.62 bits per heavy atom. The number of nitrogens with one attached hydrogen (secondary N) is 1. The number of likely N-dealkylation sites (tertiary alicyclic amines) is 2. The van der Waals surface area contributed by atoms with Gasteiger partial charge in [0, 0.05) is 19.0 Å². The van der Waals surface area contributed by atoms with Crippen molar-refractivity contribution in [2.75, 3.05) is 20.2 Å². The first-order chi connectivity index (χ1) is 16.1. The predicted molar refractivity (Wildman–Crippen MR) is 124 cm³/mol. The van der Waals surface area contributed by atoms with Crippen molar-refractivity contribution in [3.05, 3.63) is 0 Å². The molecule has 4 fully saturated rings. The molecular formula is C25H39N3O6. The summed E-state index contributed by atoms with van der Waals surface area (Å²) in [6.07, 6.45) is 6.70. The van der Waals surface area contributed by atoms with Crippen LogP contribution in [0.15, 0.2) is 0 Å². The van der Waals surface area contributed by atoms with Gasteiger partial charge in [0.05, 0.1) is 25.1 Å². The van der Waals surface area contributed by atoms with Gasteiger partial charge in [-0.05, 0) is 58.8 Å². The van der Waals surface area contributed by atoms with Crippen molar-refractivity contribution in [2.24, 2.45) is 17.8 Å². The summed E-state index contributed by atoms with van der Waals surface area (Å²) in [5.74, 6) is -0.986. The van der Waals surface area contributed by atoms with Crippen molar-refractivity contribution in [1.82, 2.24) is 15.1 Å². The van der Waals surface area contributed by atoms with Crippen LogP contribution in [0.5, 0.6) is 0 Å². The molecule has 2 heterocycles. The Morgan fingerprint density at radius 3 is 2.21 bits per heavy atom. The van der Waals surface area contributed by atoms with Gasteiger partial charge in [0.25, 0.3) is 0 Å². The smallest absolute Gasteiger partial charge is 0.408 e. The molecular weight excluding hydrogens is 438 g/mol. The maximum Gasteiger partial charge on any atom is 0.408 e. The quantitative estimate of drug-likeness (QED) is 0.610. The molecule has 0 aromatic rings. The predicted octanol–water partition coefficient (Wildman–Crippen LogP) is 2.47. The zero-order valence-electron chi connectivity index (χ0n) is 20.9. The molecule has 4 aliphatic rings. The number of carbonyl (C=O) groups is 4. The molecule has 9 nitrogen and oxygen atoms in total. The SMILES string of the molecule is COC(=O)[C@H]1CN(C(=O)C2CC2)[C@@H]2CCN(C(=O)[C@@H](NC(=O)OC(C)(C)C)C3CCCCC3)[C@H]12. The molecule has 2 aliphatic carbocycles. The average Bonchev–Trinajstić information content (AvgIpc) is 3.45. The van der Waals surface area contributed by atoms with Gasteiger partial charge >= 0.3 is 12.1 Å². The number of carbonyl (C=O) groups excluding carboxylic acids is 4. The third-order valence-electron chi connectivity index (χ3n) is 7.68. The minimum atomic E-state index is -0.708. The number of hydrogen-bond acceptors (Lipinski definition) is 6. The fourth-order valence-electron chi connectivity index (χ4n) is 5.98. The summed E-state index contributed by atoms with van der Waals surface area (Å²) in [7, 11) is 1.35. The van der Waals surface area contributed by atoms with Crippen molar-refractivity contribution in [3.8, 4) is 0 Å². The van der Waals surface area contributed by atoms with Gasteiger partial charge in [-0.2, -0.15) is 0 Å². The molecule has 3 amide bonds. The molecule has 1 N–H and O–H groups in total. The molecule has 0 aromatic heterocycles. The molecule has 2 saturated heterocycles. The minimum Gasteiger partial charge on any atom is -0.469 e. The highest BCUT2D eigenvalue weighted by Gasteiger charge is 2.56. The molecule has 4 rings (SSSR count). The Balaban J connectivity index is 1.56. The normalized spacial score (nSPS) is 28.3. The van der Waals surface area contributed by atoms with Crippen molar-refractivity contribution in [1.29, 1.82) is 0 Å². The van der Waals surface area contributed by atoms with Crippen LogP contribution in [-0.4, -0.2) is 77.6 Å². The Hall–Kier alpha value is -2.32. The van der Waals surface area contributed by atoms with Gasteiger partial charge in [-0.1, -0.05) is 19.3 Å². The first-order valence-electron chi connectivity index (χ1n) is 12.8. The van der Waals surface area contributed by atoms with E-state index in [-0.39, 0.29) is 36.2 Å². The van der Waals surface area contributed by atoms with Gasteiger partial charge in [-0.3, -0.25) is 14.4 Å². The number of nitrogens with zero attached hydrogens (tertiary/aromatic N) is 2. The first kappa shape index (κ1) is 24.8. The summed E-state index contributed by atoms with van der Waals surface area (Å²) in [5.41, 5.74) is -0.673. The van der Waals surface area contributed by atoms with Gasteiger partial charge in [-0.25, -0.2) is 4.79 Å². The topological polar surface area (TPSA) is 105 Å². The highest BCUT2D eigenvalue weighted by atomic mass is 16.6. The van der Waals surface area contributed by atoms with Crippen LogP contribution in [0.1, 0.15) is 72.1 Å². The third-order valence-corrected chi connectivity index (χ3v) is 7.68. The van der Waals surface area contributed by atoms with Gasteiger partial charge in [0.1, 0.15) is 11.6 Å². The van der Waals surface area contributed by atoms with Gasteiger partial charge in [-0.15, -0.1) is 0 Å². The van der Waals surface area contributed by atoms with E-state index in [1.807, 2.05) is 4.90 Å². The first-order valence-corrected chi connectivity index (χ1v) is 12.8. The lowest BCUT2D eigenvalue weighted by molar-refractivity contribution is -0.148. The Labute approximate surface area is 201 Å². The molecule has 0 radical (unpaired) electrons. The van der Waals surface area contributed by atoms with Crippen molar-refractivity contribution >= 4 is 23.9 Å². The molecule has 4 atom stereocenters. The van der Waals surface area contributed by atoms with E-state index in [4.69, 9.17) is 9.47 Å². The number of rotatable bonds is 5. The number of methoxy groups -OCH3 is 1. The summed E-state index contributed by atoms with van der Waals surface area (Å²) in [6, 6.07) is -1.32. The molecule has 0 unspecified atom stereocenters. The summed E-state index contributed by atoms with van der Waals surface area (Å²) in [5, 5.41) is 2.87. The van der Waals surface area contributed by atoms with Crippen LogP contribution in [0.25, 0.3) is 0 Å². The second kappa shape index (κ2) is 9.74. The second-order valence-electron chi connectivity index (χ2n) is 11.3. The Kier molecular flexibility index (Phi) is 7.10. The third kappa shape index (κ3) is 5.18. The largest absolute Gasteiger partial charge is 0.469 e. The molecule has 34 heavy (non-hydrogen) atoms. The minimum absolute atomic E-state index is 0.0231. The van der Waals surface area contributed by atoms with Crippen LogP contribution < -0.4 is 5.32 Å². The van der Waals surface area contributed by atoms with Crippen LogP contribution in [0.2, 0.25) is 0 Å². The van der Waals surface area contributed by atoms with Crippen LogP contribution in [0.3, 0.4) is 0 Å². The Morgan fingerprint density at radius 1 is 0.941 bits per heavy atom. The highest BCUT2D eigenvalue weighted by Crippen LogP contribution is 2.41. The van der Waals surface area contributed by atoms with Crippen LogP contribution in [0.4, 0.5) is 4.79 Å². The number of hydrogen-bond donors (Lipinski definition) is 1. The second-order valence-corrected chi connectivity index (χ2v) is 11.3. The molecule has 0 bridgehead atoms. The van der Waals surface area contributed by atoms with Gasteiger partial charge < -0.3 is 24.6 Å². The van der Waals surface area contributed by atoms with Crippen molar-refractivity contribution in [3.63, 3.8) is 0 Å². The number of fused-ring (bicyclic) bond motifs is 1. The molecule has 0 aromatic carbocycles. The van der Waals surface area contributed by atoms with Crippen molar-refractivity contribution in [2.45, 2.75) is 95.9 Å². The summed E-state index contributed by atoms with van der Waals surface area (Å²) in [4.78, 5) is 55.8. The van der Waals surface area contributed by atoms with E-state index in [9.17, 15) is 19.2 Å². The monoisotopic (exact) mass is 477 g/mol. The van der Waals surface area contributed by atoms with Gasteiger partial charge in [0.15, 0.2) is 0 Å². The molecule has 0 spiro atoms. The maximum atomic E-state index is 14.0. The van der Waals surface area contributed by atoms with Crippen LogP contribution >= 0.6 is 0 Å². The number of amides is 3. The molecule has 9 heteroatoms. The van der Waals surface area contributed by atoms with E-state index in [1.165, 1.54) is 7.11 Å². The van der Waals surface area contributed by atoms with E-state index in [2.05, 4.69) is 5.32 Å². The maximum absolute atomic E-state index is 14.0. The molecule has 190 valence electrons.